The number of carbonyl (C=O) groups is 1. The molecule has 0 saturated carbocycles. The van der Waals surface area contributed by atoms with Gasteiger partial charge in [0.1, 0.15) is 5.69 Å². The van der Waals surface area contributed by atoms with Gasteiger partial charge >= 0.3 is 5.97 Å². The first-order valence-corrected chi connectivity index (χ1v) is 4.90. The maximum atomic E-state index is 10.9. The Morgan fingerprint density at radius 1 is 1.40 bits per heavy atom. The molecule has 2 aromatic rings. The van der Waals surface area contributed by atoms with E-state index in [2.05, 4.69) is 4.98 Å². The smallest absolute Gasteiger partial charge is 0.352 e. The molecule has 0 aliphatic carbocycles. The molecule has 0 atom stereocenters. The fourth-order valence-corrected chi connectivity index (χ4v) is 2.05. The molecule has 78 valence electrons. The van der Waals surface area contributed by atoms with Gasteiger partial charge in [-0.15, -0.1) is 0 Å². The topological polar surface area (TPSA) is 53.1 Å². The highest BCUT2D eigenvalue weighted by Crippen LogP contribution is 2.29. The van der Waals surface area contributed by atoms with Crippen molar-refractivity contribution in [3.63, 3.8) is 0 Å². The Bertz CT molecular complexity index is 557. The van der Waals surface area contributed by atoms with Crippen molar-refractivity contribution in [3.05, 3.63) is 34.0 Å². The van der Waals surface area contributed by atoms with E-state index in [9.17, 15) is 4.79 Å². The number of carboxylic acids is 1. The van der Waals surface area contributed by atoms with E-state index in [1.165, 1.54) is 0 Å². The molecule has 4 heteroatoms. The molecule has 0 fully saturated rings. The number of fused-ring (bicyclic) bond motifs is 1. The second-order valence-corrected chi connectivity index (χ2v) is 4.01. The van der Waals surface area contributed by atoms with Crippen LogP contribution in [0.1, 0.15) is 21.6 Å². The van der Waals surface area contributed by atoms with Crippen LogP contribution in [0.15, 0.2) is 12.1 Å². The van der Waals surface area contributed by atoms with Crippen LogP contribution in [0.2, 0.25) is 5.02 Å². The number of aromatic amines is 1. The van der Waals surface area contributed by atoms with Gasteiger partial charge in [0.25, 0.3) is 0 Å². The van der Waals surface area contributed by atoms with Crippen molar-refractivity contribution in [1.82, 2.24) is 4.98 Å². The fraction of sp³-hybridized carbons (Fsp3) is 0.182. The van der Waals surface area contributed by atoms with Gasteiger partial charge in [0, 0.05) is 5.39 Å². The van der Waals surface area contributed by atoms with Crippen LogP contribution in [0, 0.1) is 13.8 Å². The summed E-state index contributed by atoms with van der Waals surface area (Å²) in [7, 11) is 0. The average molecular weight is 224 g/mol. The zero-order chi connectivity index (χ0) is 11.2. The number of halogens is 1. The minimum Gasteiger partial charge on any atom is -0.477 e. The SMILES string of the molecule is Cc1cc(Cl)c2[nH]c(C(=O)O)c(C)c2c1. The van der Waals surface area contributed by atoms with Crippen LogP contribution >= 0.6 is 11.6 Å². The van der Waals surface area contributed by atoms with E-state index in [1.807, 2.05) is 19.1 Å². The van der Waals surface area contributed by atoms with Gasteiger partial charge in [-0.2, -0.15) is 0 Å². The molecule has 2 rings (SSSR count). The van der Waals surface area contributed by atoms with Gasteiger partial charge in [-0.05, 0) is 37.1 Å². The van der Waals surface area contributed by atoms with Crippen LogP contribution in [-0.2, 0) is 0 Å². The summed E-state index contributed by atoms with van der Waals surface area (Å²) in [6.45, 7) is 3.70. The summed E-state index contributed by atoms with van der Waals surface area (Å²) < 4.78 is 0. The summed E-state index contributed by atoms with van der Waals surface area (Å²) in [5.74, 6) is -0.961. The van der Waals surface area contributed by atoms with Crippen molar-refractivity contribution in [2.45, 2.75) is 13.8 Å². The lowest BCUT2D eigenvalue weighted by molar-refractivity contribution is 0.0691. The van der Waals surface area contributed by atoms with Crippen LogP contribution < -0.4 is 0 Å². The number of nitrogens with one attached hydrogen (secondary N) is 1. The van der Waals surface area contributed by atoms with Crippen LogP contribution in [0.5, 0.6) is 0 Å². The van der Waals surface area contributed by atoms with E-state index >= 15 is 0 Å². The number of aromatic carboxylic acids is 1. The number of carboxylic acid groups (broad SMARTS) is 1. The average Bonchev–Trinajstić information content (AvgIpc) is 2.44. The molecule has 1 aromatic heterocycles. The zero-order valence-corrected chi connectivity index (χ0v) is 9.14. The number of hydrogen-bond acceptors (Lipinski definition) is 1. The van der Waals surface area contributed by atoms with Crippen molar-refractivity contribution < 1.29 is 9.90 Å². The highest BCUT2D eigenvalue weighted by Gasteiger charge is 2.15. The molecule has 2 N–H and O–H groups in total. The van der Waals surface area contributed by atoms with E-state index in [4.69, 9.17) is 16.7 Å². The Morgan fingerprint density at radius 3 is 2.67 bits per heavy atom. The van der Waals surface area contributed by atoms with Gasteiger partial charge in [-0.25, -0.2) is 4.79 Å². The fourth-order valence-electron chi connectivity index (χ4n) is 1.73. The normalized spacial score (nSPS) is 10.9. The standard InChI is InChI=1S/C11H10ClNO2/c1-5-3-7-6(2)9(11(14)15)13-10(7)8(12)4-5/h3-4,13H,1-2H3,(H,14,15). The number of benzene rings is 1. The third kappa shape index (κ3) is 1.49. The number of aromatic nitrogens is 1. The summed E-state index contributed by atoms with van der Waals surface area (Å²) >= 11 is 6.03. The Hall–Kier alpha value is -1.48. The molecule has 1 heterocycles. The predicted octanol–water partition coefficient (Wildman–Crippen LogP) is 3.14. The molecule has 3 nitrogen and oxygen atoms in total. The first-order valence-electron chi connectivity index (χ1n) is 4.52. The molecular formula is C11H10ClNO2. The first-order chi connectivity index (χ1) is 7.00. The van der Waals surface area contributed by atoms with Gasteiger partial charge in [0.05, 0.1) is 10.5 Å². The largest absolute Gasteiger partial charge is 0.477 e. The lowest BCUT2D eigenvalue weighted by Crippen LogP contribution is -1.98. The zero-order valence-electron chi connectivity index (χ0n) is 8.39. The predicted molar refractivity (Wildman–Crippen MR) is 59.7 cm³/mol. The number of H-pyrrole nitrogens is 1. The van der Waals surface area contributed by atoms with Crippen LogP contribution in [0.25, 0.3) is 10.9 Å². The van der Waals surface area contributed by atoms with Gasteiger partial charge < -0.3 is 10.1 Å². The minimum atomic E-state index is -0.961. The summed E-state index contributed by atoms with van der Waals surface area (Å²) in [5.41, 5.74) is 2.64. The van der Waals surface area contributed by atoms with E-state index in [0.717, 1.165) is 16.5 Å². The highest BCUT2D eigenvalue weighted by molar-refractivity contribution is 6.35. The first kappa shape index (κ1) is 10.1. The van der Waals surface area contributed by atoms with Crippen molar-refractivity contribution in [3.8, 4) is 0 Å². The maximum absolute atomic E-state index is 10.9. The molecule has 0 saturated heterocycles. The summed E-state index contributed by atoms with van der Waals surface area (Å²) in [6.07, 6.45) is 0. The Morgan fingerprint density at radius 2 is 2.07 bits per heavy atom. The Balaban J connectivity index is 2.88. The molecule has 1 aromatic carbocycles. The minimum absolute atomic E-state index is 0.206. The summed E-state index contributed by atoms with van der Waals surface area (Å²) in [6, 6.07) is 3.74. The van der Waals surface area contributed by atoms with Crippen molar-refractivity contribution in [2.24, 2.45) is 0 Å². The third-order valence-corrected chi connectivity index (χ3v) is 2.78. The molecule has 15 heavy (non-hydrogen) atoms. The van der Waals surface area contributed by atoms with Crippen molar-refractivity contribution >= 4 is 28.5 Å². The van der Waals surface area contributed by atoms with E-state index in [1.54, 1.807) is 6.92 Å². The number of rotatable bonds is 1. The number of aryl methyl sites for hydroxylation is 2. The van der Waals surface area contributed by atoms with E-state index < -0.39 is 5.97 Å². The van der Waals surface area contributed by atoms with Gasteiger partial charge in [-0.3, -0.25) is 0 Å². The van der Waals surface area contributed by atoms with Crippen molar-refractivity contribution in [2.75, 3.05) is 0 Å². The van der Waals surface area contributed by atoms with E-state index in [-0.39, 0.29) is 5.69 Å². The van der Waals surface area contributed by atoms with Crippen molar-refractivity contribution in [1.29, 1.82) is 0 Å². The monoisotopic (exact) mass is 223 g/mol. The quantitative estimate of drug-likeness (QED) is 0.780. The molecule has 0 amide bonds. The number of hydrogen-bond donors (Lipinski definition) is 2. The van der Waals surface area contributed by atoms with Gasteiger partial charge in [0.15, 0.2) is 0 Å². The van der Waals surface area contributed by atoms with Crippen LogP contribution in [0.3, 0.4) is 0 Å². The van der Waals surface area contributed by atoms with Gasteiger partial charge in [0.2, 0.25) is 0 Å². The van der Waals surface area contributed by atoms with Gasteiger partial charge in [-0.1, -0.05) is 11.6 Å². The summed E-state index contributed by atoms with van der Waals surface area (Å²) in [5, 5.41) is 10.4. The Labute approximate surface area is 91.7 Å². The molecule has 0 bridgehead atoms. The molecular weight excluding hydrogens is 214 g/mol. The van der Waals surface area contributed by atoms with Crippen LogP contribution in [0.4, 0.5) is 0 Å². The van der Waals surface area contributed by atoms with E-state index in [0.29, 0.717) is 10.5 Å². The third-order valence-electron chi connectivity index (χ3n) is 2.48. The Kier molecular flexibility index (Phi) is 2.20. The maximum Gasteiger partial charge on any atom is 0.352 e. The summed E-state index contributed by atoms with van der Waals surface area (Å²) in [4.78, 5) is 13.7. The molecule has 0 spiro atoms. The van der Waals surface area contributed by atoms with Crippen LogP contribution in [-0.4, -0.2) is 16.1 Å². The second-order valence-electron chi connectivity index (χ2n) is 3.60. The molecule has 0 aliphatic heterocycles. The second kappa shape index (κ2) is 3.28. The highest BCUT2D eigenvalue weighted by atomic mass is 35.5. The lowest BCUT2D eigenvalue weighted by Gasteiger charge is -1.97. The lowest BCUT2D eigenvalue weighted by atomic mass is 10.1. The molecule has 0 unspecified atom stereocenters. The molecule has 0 aliphatic rings. The molecule has 0 radical (unpaired) electrons.